The van der Waals surface area contributed by atoms with Crippen LogP contribution in [0.4, 0.5) is 5.82 Å². The van der Waals surface area contributed by atoms with Crippen LogP contribution in [-0.4, -0.2) is 49.4 Å². The van der Waals surface area contributed by atoms with E-state index in [-0.39, 0.29) is 5.43 Å². The van der Waals surface area contributed by atoms with Crippen molar-refractivity contribution < 1.29 is 14.3 Å². The molecule has 33 heavy (non-hydrogen) atoms. The fourth-order valence-electron chi connectivity index (χ4n) is 3.84. The summed E-state index contributed by atoms with van der Waals surface area (Å²) < 4.78 is 10.1. The molecule has 2 aromatic carbocycles. The second-order valence-corrected chi connectivity index (χ2v) is 7.79. The first-order chi connectivity index (χ1) is 16.0. The van der Waals surface area contributed by atoms with Crippen molar-refractivity contribution in [3.63, 3.8) is 0 Å². The number of esters is 1. The minimum Gasteiger partial charge on any atom is -0.465 e. The van der Waals surface area contributed by atoms with Gasteiger partial charge in [-0.1, -0.05) is 24.3 Å². The number of hydrogen-bond acceptors (Lipinski definition) is 8. The Balaban J connectivity index is 1.59. The molecule has 0 atom stereocenters. The standard InChI is InChI=1S/C24H27N5O4/c1-32-24(31)17-7-5-16(6-8-17)14-29(26)15-20(25)18-3-2-4-19-21(30)13-22(27-23(18)19)28-9-11-33-12-10-28/h2-8,13,15H,9-12,14,25-26H2,1H3,(H,27,30)/b20-15-. The Morgan fingerprint density at radius 3 is 2.64 bits per heavy atom. The van der Waals surface area contributed by atoms with Crippen molar-refractivity contribution in [3.8, 4) is 0 Å². The van der Waals surface area contributed by atoms with Gasteiger partial charge in [0, 0.05) is 36.3 Å². The Morgan fingerprint density at radius 1 is 1.21 bits per heavy atom. The summed E-state index contributed by atoms with van der Waals surface area (Å²) in [5.41, 5.74) is 9.47. The normalized spacial score (nSPS) is 14.4. The first-order valence-corrected chi connectivity index (χ1v) is 10.6. The number of para-hydroxylation sites is 1. The largest absolute Gasteiger partial charge is 0.465 e. The maximum Gasteiger partial charge on any atom is 0.337 e. The summed E-state index contributed by atoms with van der Waals surface area (Å²) in [4.78, 5) is 29.8. The van der Waals surface area contributed by atoms with Gasteiger partial charge in [0.05, 0.1) is 43.6 Å². The molecule has 1 aromatic heterocycles. The number of carbonyl (C=O) groups is 1. The zero-order chi connectivity index (χ0) is 23.4. The molecule has 0 spiro atoms. The fourth-order valence-corrected chi connectivity index (χ4v) is 3.84. The molecule has 0 aliphatic carbocycles. The van der Waals surface area contributed by atoms with Gasteiger partial charge in [0.25, 0.3) is 0 Å². The first kappa shape index (κ1) is 22.4. The van der Waals surface area contributed by atoms with Gasteiger partial charge in [-0.15, -0.1) is 0 Å². The van der Waals surface area contributed by atoms with Crippen molar-refractivity contribution in [3.05, 3.63) is 81.6 Å². The van der Waals surface area contributed by atoms with Crippen LogP contribution in [0.5, 0.6) is 0 Å². The summed E-state index contributed by atoms with van der Waals surface area (Å²) in [5.74, 6) is 6.53. The van der Waals surface area contributed by atoms with Crippen LogP contribution in [0, 0.1) is 0 Å². The highest BCUT2D eigenvalue weighted by molar-refractivity contribution is 5.91. The van der Waals surface area contributed by atoms with E-state index in [2.05, 4.69) is 9.88 Å². The lowest BCUT2D eigenvalue weighted by atomic mass is 10.1. The number of methoxy groups -OCH3 is 1. The minimum absolute atomic E-state index is 0.0739. The Bertz CT molecular complexity index is 1230. The number of nitrogens with one attached hydrogen (secondary N) is 1. The van der Waals surface area contributed by atoms with E-state index in [1.54, 1.807) is 48.7 Å². The molecule has 1 aliphatic heterocycles. The number of ether oxygens (including phenoxy) is 2. The third kappa shape index (κ3) is 5.00. The molecule has 5 N–H and O–H groups in total. The van der Waals surface area contributed by atoms with Gasteiger partial charge >= 0.3 is 5.97 Å². The molecule has 1 saturated heterocycles. The van der Waals surface area contributed by atoms with Gasteiger partial charge in [-0.2, -0.15) is 0 Å². The predicted molar refractivity (Wildman–Crippen MR) is 127 cm³/mol. The molecule has 9 nitrogen and oxygen atoms in total. The minimum atomic E-state index is -0.392. The number of nitrogens with two attached hydrogens (primary N) is 2. The quantitative estimate of drug-likeness (QED) is 0.295. The number of pyridine rings is 1. The van der Waals surface area contributed by atoms with E-state index in [1.807, 2.05) is 6.07 Å². The molecule has 1 aliphatic rings. The van der Waals surface area contributed by atoms with Crippen LogP contribution >= 0.6 is 0 Å². The Hall–Kier alpha value is -3.82. The van der Waals surface area contributed by atoms with E-state index in [0.717, 1.165) is 11.4 Å². The van der Waals surface area contributed by atoms with Crippen molar-refractivity contribution in [2.45, 2.75) is 6.54 Å². The highest BCUT2D eigenvalue weighted by Gasteiger charge is 2.15. The molecule has 0 bridgehead atoms. The molecular formula is C24H27N5O4. The molecule has 0 unspecified atom stereocenters. The predicted octanol–water partition coefficient (Wildman–Crippen LogP) is 1.78. The van der Waals surface area contributed by atoms with Gasteiger partial charge in [-0.05, 0) is 23.8 Å². The Kier molecular flexibility index (Phi) is 6.62. The molecule has 172 valence electrons. The van der Waals surface area contributed by atoms with Crippen LogP contribution in [0.25, 0.3) is 16.6 Å². The second-order valence-electron chi connectivity index (χ2n) is 7.79. The SMILES string of the molecule is COC(=O)c1ccc(CN(N)/C=C(\N)c2cccc3c(=O)cc(N4CCOCC4)[nH]c23)cc1. The van der Waals surface area contributed by atoms with Gasteiger partial charge in [0.1, 0.15) is 5.82 Å². The summed E-state index contributed by atoms with van der Waals surface area (Å²) in [5, 5.41) is 2.02. The Morgan fingerprint density at radius 2 is 1.94 bits per heavy atom. The fraction of sp³-hybridized carbons (Fsp3) is 0.250. The number of hydrazine groups is 1. The third-order valence-corrected chi connectivity index (χ3v) is 5.56. The van der Waals surface area contributed by atoms with Crippen LogP contribution < -0.4 is 21.9 Å². The summed E-state index contributed by atoms with van der Waals surface area (Å²) in [6, 6.07) is 14.0. The van der Waals surface area contributed by atoms with Crippen LogP contribution in [0.2, 0.25) is 0 Å². The van der Waals surface area contributed by atoms with Crippen LogP contribution in [-0.2, 0) is 16.0 Å². The van der Waals surface area contributed by atoms with E-state index < -0.39 is 5.97 Å². The van der Waals surface area contributed by atoms with E-state index in [4.69, 9.17) is 21.1 Å². The average Bonchev–Trinajstić information content (AvgIpc) is 2.84. The lowest BCUT2D eigenvalue weighted by Crippen LogP contribution is -2.37. The number of H-pyrrole nitrogens is 1. The Labute approximate surface area is 191 Å². The van der Waals surface area contributed by atoms with Crippen molar-refractivity contribution in [1.82, 2.24) is 9.99 Å². The van der Waals surface area contributed by atoms with Crippen LogP contribution in [0.15, 0.2) is 59.5 Å². The van der Waals surface area contributed by atoms with Gasteiger partial charge in [0.15, 0.2) is 5.43 Å². The lowest BCUT2D eigenvalue weighted by molar-refractivity contribution is 0.0600. The molecule has 2 heterocycles. The zero-order valence-corrected chi connectivity index (χ0v) is 18.4. The number of benzene rings is 2. The molecule has 1 fully saturated rings. The van der Waals surface area contributed by atoms with Gasteiger partial charge in [-0.25, -0.2) is 10.6 Å². The highest BCUT2D eigenvalue weighted by Crippen LogP contribution is 2.22. The second kappa shape index (κ2) is 9.76. The van der Waals surface area contributed by atoms with Gasteiger partial charge in [0.2, 0.25) is 0 Å². The van der Waals surface area contributed by atoms with Crippen LogP contribution in [0.1, 0.15) is 21.5 Å². The average molecular weight is 450 g/mol. The lowest BCUT2D eigenvalue weighted by Gasteiger charge is -2.28. The number of morpholine rings is 1. The van der Waals surface area contributed by atoms with Gasteiger partial charge < -0.3 is 30.1 Å². The van der Waals surface area contributed by atoms with E-state index in [1.165, 1.54) is 12.1 Å². The van der Waals surface area contributed by atoms with Gasteiger partial charge in [-0.3, -0.25) is 4.79 Å². The molecule has 0 radical (unpaired) electrons. The maximum atomic E-state index is 12.8. The number of fused-ring (bicyclic) bond motifs is 1. The topological polar surface area (TPSA) is 127 Å². The summed E-state index contributed by atoms with van der Waals surface area (Å²) in [7, 11) is 1.34. The number of anilines is 1. The van der Waals surface area contributed by atoms with E-state index in [0.29, 0.717) is 60.6 Å². The van der Waals surface area contributed by atoms with E-state index in [9.17, 15) is 9.59 Å². The van der Waals surface area contributed by atoms with Crippen molar-refractivity contribution >= 4 is 28.4 Å². The summed E-state index contributed by atoms with van der Waals surface area (Å²) >= 11 is 0. The van der Waals surface area contributed by atoms with Crippen molar-refractivity contribution in [2.24, 2.45) is 11.6 Å². The molecule has 0 amide bonds. The number of carbonyl (C=O) groups excluding carboxylic acids is 1. The number of hydrogen-bond donors (Lipinski definition) is 3. The summed E-state index contributed by atoms with van der Waals surface area (Å²) in [6.07, 6.45) is 1.63. The highest BCUT2D eigenvalue weighted by atomic mass is 16.5. The molecule has 9 heteroatoms. The van der Waals surface area contributed by atoms with E-state index >= 15 is 0 Å². The molecule has 0 saturated carbocycles. The summed E-state index contributed by atoms with van der Waals surface area (Å²) in [6.45, 7) is 3.03. The third-order valence-electron chi connectivity index (χ3n) is 5.56. The molecular weight excluding hydrogens is 422 g/mol. The first-order valence-electron chi connectivity index (χ1n) is 10.6. The zero-order valence-electron chi connectivity index (χ0n) is 18.4. The number of aromatic nitrogens is 1. The maximum absolute atomic E-state index is 12.8. The number of nitrogens with zero attached hydrogens (tertiary/aromatic N) is 2. The van der Waals surface area contributed by atoms with Crippen molar-refractivity contribution in [1.29, 1.82) is 0 Å². The van der Waals surface area contributed by atoms with Crippen LogP contribution in [0.3, 0.4) is 0 Å². The monoisotopic (exact) mass is 449 g/mol. The number of rotatable bonds is 6. The molecule has 3 aromatic rings. The number of aromatic amines is 1. The molecule has 4 rings (SSSR count). The van der Waals surface area contributed by atoms with Crippen molar-refractivity contribution in [2.75, 3.05) is 38.3 Å². The smallest absolute Gasteiger partial charge is 0.337 e.